The molecule has 166 valence electrons. The first kappa shape index (κ1) is 23.1. The van der Waals surface area contributed by atoms with Crippen LogP contribution in [0.1, 0.15) is 40.0 Å². The Morgan fingerprint density at radius 1 is 1.25 bits per heavy atom. The molecule has 11 heteroatoms. The Kier molecular flexibility index (Phi) is 7.05. The summed E-state index contributed by atoms with van der Waals surface area (Å²) in [7, 11) is 0. The Labute approximate surface area is 186 Å². The van der Waals surface area contributed by atoms with Crippen molar-refractivity contribution in [1.82, 2.24) is 14.7 Å². The standard InChI is InChI=1S/C21H18F3N5O2S/c1-3-16-18(19(30)28-32-2)27-20(31-16)29(15-7-4-13(10-25)5-8-15)12-14-6-9-17(26-11-14)21(22,23)24/h4-9,11H,3,12H2,1-2H3,(H,28,30). The van der Waals surface area contributed by atoms with E-state index in [2.05, 4.69) is 14.7 Å². The van der Waals surface area contributed by atoms with Crippen LogP contribution < -0.4 is 9.62 Å². The number of pyridine rings is 1. The molecule has 0 radical (unpaired) electrons. The number of amides is 1. The van der Waals surface area contributed by atoms with E-state index in [1.165, 1.54) is 6.07 Å². The molecular weight excluding hydrogens is 443 g/mol. The number of carbonyl (C=O) groups is 1. The third-order valence-corrected chi connectivity index (χ3v) is 4.80. The Hall–Kier alpha value is -3.52. The van der Waals surface area contributed by atoms with Crippen LogP contribution in [0.4, 0.5) is 24.9 Å². The molecule has 0 aliphatic rings. The van der Waals surface area contributed by atoms with Gasteiger partial charge in [-0.05, 0) is 35.9 Å². The Balaban J connectivity index is 2.01. The number of benzene rings is 1. The predicted molar refractivity (Wildman–Crippen MR) is 113 cm³/mol. The van der Waals surface area contributed by atoms with E-state index < -0.39 is 17.8 Å². The second kappa shape index (κ2) is 9.74. The Bertz CT molecular complexity index is 1120. The average Bonchev–Trinajstić information content (AvgIpc) is 3.22. The van der Waals surface area contributed by atoms with Gasteiger partial charge in [-0.3, -0.25) is 19.4 Å². The molecule has 2 heterocycles. The summed E-state index contributed by atoms with van der Waals surface area (Å²) in [6.07, 6.45) is -1.30. The van der Waals surface area contributed by atoms with Crippen molar-refractivity contribution in [3.63, 3.8) is 0 Å². The molecule has 3 rings (SSSR count). The van der Waals surface area contributed by atoms with E-state index in [-0.39, 0.29) is 18.3 Å². The maximum Gasteiger partial charge on any atom is 0.433 e. The molecule has 0 fully saturated rings. The van der Waals surface area contributed by atoms with E-state index in [0.717, 1.165) is 24.2 Å². The first-order chi connectivity index (χ1) is 15.3. The van der Waals surface area contributed by atoms with Crippen LogP contribution in [0.5, 0.6) is 0 Å². The van der Waals surface area contributed by atoms with E-state index in [9.17, 15) is 18.0 Å². The number of rotatable bonds is 7. The quantitative estimate of drug-likeness (QED) is 0.502. The van der Waals surface area contributed by atoms with Gasteiger partial charge in [-0.1, -0.05) is 24.9 Å². The van der Waals surface area contributed by atoms with Gasteiger partial charge in [-0.25, -0.2) is 0 Å². The molecule has 7 nitrogen and oxygen atoms in total. The van der Waals surface area contributed by atoms with Gasteiger partial charge in [0.15, 0.2) is 5.69 Å². The van der Waals surface area contributed by atoms with Crippen molar-refractivity contribution >= 4 is 29.6 Å². The van der Waals surface area contributed by atoms with Crippen molar-refractivity contribution in [3.05, 3.63) is 70.9 Å². The molecule has 2 aromatic heterocycles. The number of anilines is 2. The minimum absolute atomic E-state index is 0.0737. The number of hydrogen-bond acceptors (Lipinski definition) is 7. The zero-order valence-electron chi connectivity index (χ0n) is 17.1. The Morgan fingerprint density at radius 3 is 2.50 bits per heavy atom. The molecule has 0 aliphatic carbocycles. The molecule has 0 aliphatic heterocycles. The highest BCUT2D eigenvalue weighted by Crippen LogP contribution is 2.31. The molecule has 0 saturated heterocycles. The van der Waals surface area contributed by atoms with Crippen molar-refractivity contribution in [1.29, 1.82) is 5.26 Å². The lowest BCUT2D eigenvalue weighted by molar-refractivity contribution is -0.141. The molecule has 0 unspecified atom stereocenters. The molecule has 0 bridgehead atoms. The van der Waals surface area contributed by atoms with Gasteiger partial charge in [0.2, 0.25) is 0 Å². The number of halogens is 3. The van der Waals surface area contributed by atoms with Crippen LogP contribution >= 0.6 is 11.9 Å². The number of nitrogens with zero attached hydrogens (tertiary/aromatic N) is 4. The number of alkyl halides is 3. The maximum atomic E-state index is 12.8. The van der Waals surface area contributed by atoms with Gasteiger partial charge in [0.05, 0.1) is 18.2 Å². The van der Waals surface area contributed by atoms with E-state index in [1.807, 2.05) is 13.0 Å². The largest absolute Gasteiger partial charge is 0.433 e. The monoisotopic (exact) mass is 461 g/mol. The summed E-state index contributed by atoms with van der Waals surface area (Å²) in [4.78, 5) is 21.8. The van der Waals surface area contributed by atoms with Crippen LogP contribution in [0.2, 0.25) is 0 Å². The fraction of sp³-hybridized carbons (Fsp3) is 0.238. The second-order valence-corrected chi connectivity index (χ2v) is 7.16. The van der Waals surface area contributed by atoms with Gasteiger partial charge in [0, 0.05) is 24.6 Å². The van der Waals surface area contributed by atoms with Crippen LogP contribution in [0.15, 0.2) is 47.0 Å². The van der Waals surface area contributed by atoms with Gasteiger partial charge >= 0.3 is 12.2 Å². The minimum atomic E-state index is -4.54. The molecule has 0 atom stereocenters. The van der Waals surface area contributed by atoms with Crippen molar-refractivity contribution in [2.24, 2.45) is 0 Å². The molecule has 1 N–H and O–H groups in total. The predicted octanol–water partition coefficient (Wildman–Crippen LogP) is 4.87. The molecule has 1 aromatic carbocycles. The summed E-state index contributed by atoms with van der Waals surface area (Å²) >= 11 is 1.12. The molecule has 3 aromatic rings. The van der Waals surface area contributed by atoms with Crippen molar-refractivity contribution in [2.45, 2.75) is 26.1 Å². The smallest absolute Gasteiger partial charge is 0.428 e. The van der Waals surface area contributed by atoms with Crippen molar-refractivity contribution in [3.8, 4) is 6.07 Å². The summed E-state index contributed by atoms with van der Waals surface area (Å²) in [5.74, 6) is -0.0453. The molecule has 1 amide bonds. The summed E-state index contributed by atoms with van der Waals surface area (Å²) < 4.78 is 47.0. The highest BCUT2D eigenvalue weighted by atomic mass is 32.2. The van der Waals surface area contributed by atoms with E-state index in [0.29, 0.717) is 29.0 Å². The SMILES string of the molecule is CCc1oc(N(Cc2ccc(C(F)(F)F)nc2)c2ccc(C#N)cc2)nc1C(=O)NSC. The second-order valence-electron chi connectivity index (χ2n) is 6.55. The van der Waals surface area contributed by atoms with Crippen LogP contribution in [0, 0.1) is 11.3 Å². The van der Waals surface area contributed by atoms with Crippen LogP contribution in [-0.2, 0) is 19.1 Å². The summed E-state index contributed by atoms with van der Waals surface area (Å²) in [6.45, 7) is 1.89. The zero-order chi connectivity index (χ0) is 23.3. The first-order valence-corrected chi connectivity index (χ1v) is 10.6. The third-order valence-electron chi connectivity index (χ3n) is 4.41. The number of aryl methyl sites for hydroxylation is 1. The van der Waals surface area contributed by atoms with Crippen molar-refractivity contribution < 1.29 is 22.4 Å². The lowest BCUT2D eigenvalue weighted by Crippen LogP contribution is -2.19. The van der Waals surface area contributed by atoms with Gasteiger partial charge in [-0.15, -0.1) is 0 Å². The van der Waals surface area contributed by atoms with Gasteiger partial charge in [0.1, 0.15) is 11.5 Å². The van der Waals surface area contributed by atoms with E-state index in [1.54, 1.807) is 35.4 Å². The topological polar surface area (TPSA) is 95.1 Å². The number of oxazole rings is 1. The highest BCUT2D eigenvalue weighted by molar-refractivity contribution is 7.97. The third kappa shape index (κ3) is 5.20. The Morgan fingerprint density at radius 2 is 1.97 bits per heavy atom. The maximum absolute atomic E-state index is 12.8. The molecule has 0 saturated carbocycles. The fourth-order valence-corrected chi connectivity index (χ4v) is 3.15. The van der Waals surface area contributed by atoms with Gasteiger partial charge in [0.25, 0.3) is 5.91 Å². The number of carbonyl (C=O) groups excluding carboxylic acids is 1. The van der Waals surface area contributed by atoms with Crippen LogP contribution in [-0.4, -0.2) is 22.1 Å². The summed E-state index contributed by atoms with van der Waals surface area (Å²) in [5.41, 5.74) is 0.609. The molecular formula is C21H18F3N5O2S. The minimum Gasteiger partial charge on any atom is -0.428 e. The van der Waals surface area contributed by atoms with E-state index >= 15 is 0 Å². The lowest BCUT2D eigenvalue weighted by atomic mass is 10.2. The lowest BCUT2D eigenvalue weighted by Gasteiger charge is -2.21. The van der Waals surface area contributed by atoms with Crippen molar-refractivity contribution in [2.75, 3.05) is 11.2 Å². The average molecular weight is 461 g/mol. The highest BCUT2D eigenvalue weighted by Gasteiger charge is 2.32. The summed E-state index contributed by atoms with van der Waals surface area (Å²) in [6, 6.07) is 10.8. The van der Waals surface area contributed by atoms with Crippen LogP contribution in [0.3, 0.4) is 0 Å². The number of hydrogen-bond donors (Lipinski definition) is 1. The molecule has 32 heavy (non-hydrogen) atoms. The normalized spacial score (nSPS) is 11.1. The van der Waals surface area contributed by atoms with Crippen LogP contribution in [0.25, 0.3) is 0 Å². The molecule has 0 spiro atoms. The zero-order valence-corrected chi connectivity index (χ0v) is 17.9. The number of nitrogens with one attached hydrogen (secondary N) is 1. The summed E-state index contributed by atoms with van der Waals surface area (Å²) in [5, 5.41) is 9.05. The van der Waals surface area contributed by atoms with Gasteiger partial charge < -0.3 is 4.42 Å². The number of nitriles is 1. The fourth-order valence-electron chi connectivity index (χ4n) is 2.87. The number of aromatic nitrogens is 2. The first-order valence-electron chi connectivity index (χ1n) is 9.39. The van der Waals surface area contributed by atoms with Gasteiger partial charge in [-0.2, -0.15) is 23.4 Å². The van der Waals surface area contributed by atoms with E-state index in [4.69, 9.17) is 9.68 Å².